The normalized spacial score (nSPS) is 20.9. The Labute approximate surface area is 124 Å². The highest BCUT2D eigenvalue weighted by Crippen LogP contribution is 2.20. The molecule has 21 heavy (non-hydrogen) atoms. The van der Waals surface area contributed by atoms with Gasteiger partial charge in [-0.15, -0.1) is 0 Å². The largest absolute Gasteiger partial charge is 0.481 e. The number of carboxylic acid groups (broad SMARTS) is 1. The fourth-order valence-corrected chi connectivity index (χ4v) is 2.43. The highest BCUT2D eigenvalue weighted by Gasteiger charge is 2.34. The third-order valence-electron chi connectivity index (χ3n) is 3.15. The number of hydrogen-bond acceptors (Lipinski definition) is 4. The minimum atomic E-state index is -0.879. The molecule has 120 valence electrons. The molecule has 1 unspecified atom stereocenters. The maximum atomic E-state index is 12.0. The fraction of sp³-hybridized carbons (Fsp3) is 0.786. The Morgan fingerprint density at radius 1 is 1.29 bits per heavy atom. The van der Waals surface area contributed by atoms with E-state index >= 15 is 0 Å². The Morgan fingerprint density at radius 3 is 2.48 bits per heavy atom. The highest BCUT2D eigenvalue weighted by molar-refractivity contribution is 5.94. The Morgan fingerprint density at radius 2 is 1.90 bits per heavy atom. The second-order valence-electron chi connectivity index (χ2n) is 6.02. The number of nitrogens with zero attached hydrogens (tertiary/aromatic N) is 1. The second kappa shape index (κ2) is 7.40. The van der Waals surface area contributed by atoms with Gasteiger partial charge in [0.15, 0.2) is 0 Å². The molecule has 1 aliphatic rings. The molecule has 1 heterocycles. The van der Waals surface area contributed by atoms with Gasteiger partial charge in [0, 0.05) is 19.4 Å². The van der Waals surface area contributed by atoms with Gasteiger partial charge in [0.25, 0.3) is 0 Å². The number of morpholine rings is 1. The van der Waals surface area contributed by atoms with E-state index in [1.54, 1.807) is 4.90 Å². The first-order valence-electron chi connectivity index (χ1n) is 7.18. The molecular weight excluding hydrogens is 276 g/mol. The number of carbonyl (C=O) groups is 3. The van der Waals surface area contributed by atoms with Gasteiger partial charge in [0.2, 0.25) is 5.91 Å². The maximum absolute atomic E-state index is 12.0. The number of nitrogens with one attached hydrogen (secondary N) is 1. The van der Waals surface area contributed by atoms with Crippen molar-refractivity contribution < 1.29 is 24.2 Å². The molecule has 0 spiro atoms. The summed E-state index contributed by atoms with van der Waals surface area (Å²) in [6.07, 6.45) is 0.999. The molecule has 0 aromatic rings. The molecule has 7 nitrogen and oxygen atoms in total. The van der Waals surface area contributed by atoms with Crippen LogP contribution in [0.25, 0.3) is 0 Å². The number of unbranched alkanes of at least 4 members (excludes halogenated alkanes) is 1. The van der Waals surface area contributed by atoms with Gasteiger partial charge < -0.3 is 14.7 Å². The van der Waals surface area contributed by atoms with Crippen LogP contribution in [-0.2, 0) is 14.3 Å². The molecule has 0 aromatic heterocycles. The molecule has 0 aliphatic carbocycles. The summed E-state index contributed by atoms with van der Waals surface area (Å²) in [6, 6.07) is -0.415. The lowest BCUT2D eigenvalue weighted by Gasteiger charge is -2.41. The molecule has 1 atom stereocenters. The standard InChI is InChI=1S/C14H24N2O5/c1-10-8-16(9-14(2,3)21-10)13(20)15-11(17)6-4-5-7-12(18)19/h10H,4-9H2,1-3H3,(H,18,19)(H,15,17,20). The molecule has 0 saturated carbocycles. The zero-order valence-electron chi connectivity index (χ0n) is 12.8. The number of hydrogen-bond donors (Lipinski definition) is 2. The van der Waals surface area contributed by atoms with E-state index in [0.717, 1.165) is 0 Å². The van der Waals surface area contributed by atoms with Gasteiger partial charge in [-0.05, 0) is 33.6 Å². The number of aliphatic carboxylic acids is 1. The Hall–Kier alpha value is -1.63. The number of amides is 3. The Bertz CT molecular complexity index is 408. The topological polar surface area (TPSA) is 95.9 Å². The van der Waals surface area contributed by atoms with Gasteiger partial charge in [-0.3, -0.25) is 14.9 Å². The summed E-state index contributed by atoms with van der Waals surface area (Å²) in [6.45, 7) is 6.55. The van der Waals surface area contributed by atoms with Crippen molar-refractivity contribution in [2.45, 2.75) is 58.2 Å². The van der Waals surface area contributed by atoms with Crippen LogP contribution in [-0.4, -0.2) is 52.7 Å². The van der Waals surface area contributed by atoms with Crippen molar-refractivity contribution in [3.8, 4) is 0 Å². The van der Waals surface area contributed by atoms with Crippen LogP contribution in [0, 0.1) is 0 Å². The first kappa shape index (κ1) is 17.4. The molecule has 3 amide bonds. The maximum Gasteiger partial charge on any atom is 0.324 e. The lowest BCUT2D eigenvalue weighted by atomic mass is 10.1. The van der Waals surface area contributed by atoms with Crippen molar-refractivity contribution in [2.24, 2.45) is 0 Å². The van der Waals surface area contributed by atoms with Crippen LogP contribution in [0.4, 0.5) is 4.79 Å². The van der Waals surface area contributed by atoms with Gasteiger partial charge in [-0.2, -0.15) is 0 Å². The summed E-state index contributed by atoms with van der Waals surface area (Å²) in [4.78, 5) is 35.6. The number of carbonyl (C=O) groups excluding carboxylic acids is 2. The number of ether oxygens (including phenoxy) is 1. The van der Waals surface area contributed by atoms with Crippen LogP contribution in [0.3, 0.4) is 0 Å². The third kappa shape index (κ3) is 6.57. The van der Waals surface area contributed by atoms with E-state index in [9.17, 15) is 14.4 Å². The Balaban J connectivity index is 2.35. The number of urea groups is 1. The minimum absolute atomic E-state index is 0.0381. The molecule has 0 aromatic carbocycles. The number of imide groups is 1. The van der Waals surface area contributed by atoms with Crippen molar-refractivity contribution >= 4 is 17.9 Å². The van der Waals surface area contributed by atoms with Crippen LogP contribution in [0.2, 0.25) is 0 Å². The van der Waals surface area contributed by atoms with E-state index in [1.165, 1.54) is 0 Å². The predicted molar refractivity (Wildman–Crippen MR) is 75.8 cm³/mol. The summed E-state index contributed by atoms with van der Waals surface area (Å²) >= 11 is 0. The van der Waals surface area contributed by atoms with Gasteiger partial charge in [0.05, 0.1) is 18.2 Å². The van der Waals surface area contributed by atoms with Crippen LogP contribution in [0.15, 0.2) is 0 Å². The van der Waals surface area contributed by atoms with Gasteiger partial charge in [0.1, 0.15) is 0 Å². The zero-order valence-corrected chi connectivity index (χ0v) is 12.8. The molecule has 1 saturated heterocycles. The molecule has 2 N–H and O–H groups in total. The van der Waals surface area contributed by atoms with E-state index in [2.05, 4.69) is 5.32 Å². The average molecular weight is 300 g/mol. The van der Waals surface area contributed by atoms with Crippen molar-refractivity contribution in [3.05, 3.63) is 0 Å². The molecule has 0 bridgehead atoms. The van der Waals surface area contributed by atoms with Crippen molar-refractivity contribution in [2.75, 3.05) is 13.1 Å². The number of carboxylic acids is 1. The lowest BCUT2D eigenvalue weighted by Crippen LogP contribution is -2.56. The number of rotatable bonds is 5. The molecule has 0 radical (unpaired) electrons. The molecule has 7 heteroatoms. The quantitative estimate of drug-likeness (QED) is 0.747. The van der Waals surface area contributed by atoms with E-state index in [1.807, 2.05) is 20.8 Å². The van der Waals surface area contributed by atoms with E-state index in [0.29, 0.717) is 25.9 Å². The zero-order chi connectivity index (χ0) is 16.0. The summed E-state index contributed by atoms with van der Waals surface area (Å²) < 4.78 is 5.70. The van der Waals surface area contributed by atoms with Gasteiger partial charge in [-0.1, -0.05) is 0 Å². The fourth-order valence-electron chi connectivity index (χ4n) is 2.43. The van der Waals surface area contributed by atoms with Crippen molar-refractivity contribution in [1.29, 1.82) is 0 Å². The Kier molecular flexibility index (Phi) is 6.14. The van der Waals surface area contributed by atoms with Crippen LogP contribution >= 0.6 is 0 Å². The summed E-state index contributed by atoms with van der Waals surface area (Å²) in [7, 11) is 0. The van der Waals surface area contributed by atoms with Crippen LogP contribution in [0.1, 0.15) is 46.5 Å². The summed E-state index contributed by atoms with van der Waals surface area (Å²) in [5.74, 6) is -1.25. The summed E-state index contributed by atoms with van der Waals surface area (Å²) in [5.41, 5.74) is -0.431. The monoisotopic (exact) mass is 300 g/mol. The van der Waals surface area contributed by atoms with Gasteiger partial charge >= 0.3 is 12.0 Å². The smallest absolute Gasteiger partial charge is 0.324 e. The summed E-state index contributed by atoms with van der Waals surface area (Å²) in [5, 5.41) is 10.8. The van der Waals surface area contributed by atoms with Gasteiger partial charge in [-0.25, -0.2) is 4.79 Å². The SMILES string of the molecule is CC1CN(C(=O)NC(=O)CCCCC(=O)O)CC(C)(C)O1. The highest BCUT2D eigenvalue weighted by atomic mass is 16.5. The molecule has 1 fully saturated rings. The molecule has 1 rings (SSSR count). The van der Waals surface area contributed by atoms with Crippen LogP contribution < -0.4 is 5.32 Å². The first-order chi connectivity index (χ1) is 9.69. The minimum Gasteiger partial charge on any atom is -0.481 e. The molecule has 1 aliphatic heterocycles. The average Bonchev–Trinajstić information content (AvgIpc) is 2.31. The predicted octanol–water partition coefficient (Wildman–Crippen LogP) is 1.37. The third-order valence-corrected chi connectivity index (χ3v) is 3.15. The lowest BCUT2D eigenvalue weighted by molar-refractivity contribution is -0.137. The first-order valence-corrected chi connectivity index (χ1v) is 7.18. The van der Waals surface area contributed by atoms with Crippen LogP contribution in [0.5, 0.6) is 0 Å². The van der Waals surface area contributed by atoms with E-state index in [-0.39, 0.29) is 24.9 Å². The van der Waals surface area contributed by atoms with Crippen molar-refractivity contribution in [3.63, 3.8) is 0 Å². The van der Waals surface area contributed by atoms with E-state index in [4.69, 9.17) is 9.84 Å². The molecular formula is C14H24N2O5. The van der Waals surface area contributed by atoms with Crippen molar-refractivity contribution in [1.82, 2.24) is 10.2 Å². The van der Waals surface area contributed by atoms with E-state index < -0.39 is 17.6 Å². The second-order valence-corrected chi connectivity index (χ2v) is 6.02.